The van der Waals surface area contributed by atoms with E-state index in [4.69, 9.17) is 18.9 Å². The topological polar surface area (TPSA) is 71.1 Å². The van der Waals surface area contributed by atoms with Crippen LogP contribution in [0.2, 0.25) is 0 Å². The zero-order valence-corrected chi connectivity index (χ0v) is 13.0. The van der Waals surface area contributed by atoms with E-state index in [1.165, 1.54) is 0 Å². The van der Waals surface area contributed by atoms with E-state index < -0.39 is 18.4 Å². The molecule has 6 heteroatoms. The molecule has 1 unspecified atom stereocenters. The van der Waals surface area contributed by atoms with Crippen molar-refractivity contribution in [2.24, 2.45) is 0 Å². The molecule has 1 atom stereocenters. The first kappa shape index (κ1) is 19.0. The Morgan fingerprint density at radius 3 is 1.86 bits per heavy atom. The lowest BCUT2D eigenvalue weighted by Gasteiger charge is -2.14. The summed E-state index contributed by atoms with van der Waals surface area (Å²) in [6.07, 6.45) is -0.835. The summed E-state index contributed by atoms with van der Waals surface area (Å²) in [7, 11) is 0. The molecule has 0 bridgehead atoms. The molecule has 0 aromatic rings. The first-order chi connectivity index (χ1) is 9.88. The third-order valence-corrected chi connectivity index (χ3v) is 2.52. The Morgan fingerprint density at radius 2 is 1.38 bits per heavy atom. The number of hydrogen-bond donors (Lipinski definition) is 0. The molecule has 0 saturated carbocycles. The van der Waals surface area contributed by atoms with Crippen LogP contribution in [0.15, 0.2) is 24.3 Å². The van der Waals surface area contributed by atoms with E-state index in [-0.39, 0.29) is 19.8 Å². The lowest BCUT2D eigenvalue weighted by Crippen LogP contribution is -2.23. The number of carbonyl (C=O) groups excluding carboxylic acids is 2. The molecule has 0 fully saturated rings. The average Bonchev–Trinajstić information content (AvgIpc) is 2.47. The molecule has 0 aliphatic rings. The summed E-state index contributed by atoms with van der Waals surface area (Å²) < 4.78 is 19.3. The highest BCUT2D eigenvalue weighted by Gasteiger charge is 2.14. The smallest absolute Gasteiger partial charge is 0.430 e. The zero-order valence-electron chi connectivity index (χ0n) is 13.0. The molecule has 0 rings (SSSR count). The quantitative estimate of drug-likeness (QED) is 0.478. The predicted octanol–water partition coefficient (Wildman–Crippen LogP) is 3.61. The third kappa shape index (κ3) is 10.5. The molecule has 0 aromatic heterocycles. The summed E-state index contributed by atoms with van der Waals surface area (Å²) in [6.45, 7) is 12.9. The van der Waals surface area contributed by atoms with Crippen molar-refractivity contribution in [3.63, 3.8) is 0 Å². The van der Waals surface area contributed by atoms with Gasteiger partial charge in [0.15, 0.2) is 0 Å². The van der Waals surface area contributed by atoms with E-state index in [1.54, 1.807) is 6.92 Å². The van der Waals surface area contributed by atoms with Crippen molar-refractivity contribution in [2.45, 2.75) is 39.7 Å². The number of ether oxygens (including phenoxy) is 4. The van der Waals surface area contributed by atoms with Gasteiger partial charge in [-0.05, 0) is 30.9 Å². The Kier molecular flexibility index (Phi) is 9.75. The maximum absolute atomic E-state index is 11.3. The van der Waals surface area contributed by atoms with Gasteiger partial charge in [-0.3, -0.25) is 0 Å². The molecule has 0 aromatic carbocycles. The molecule has 120 valence electrons. The van der Waals surface area contributed by atoms with Crippen molar-refractivity contribution in [1.29, 1.82) is 0 Å². The largest absolute Gasteiger partial charge is 0.508 e. The Bertz CT molecular complexity index is 374. The van der Waals surface area contributed by atoms with Crippen molar-refractivity contribution >= 4 is 12.3 Å². The van der Waals surface area contributed by atoms with Gasteiger partial charge in [0, 0.05) is 0 Å². The van der Waals surface area contributed by atoms with Crippen LogP contribution in [0.1, 0.15) is 33.6 Å². The zero-order chi connectivity index (χ0) is 16.3. The van der Waals surface area contributed by atoms with Gasteiger partial charge in [0.05, 0.1) is 0 Å². The third-order valence-electron chi connectivity index (χ3n) is 2.52. The number of carbonyl (C=O) groups is 2. The summed E-state index contributed by atoms with van der Waals surface area (Å²) in [6, 6.07) is 0. The maximum Gasteiger partial charge on any atom is 0.508 e. The Balaban J connectivity index is 3.80. The summed E-state index contributed by atoms with van der Waals surface area (Å²) in [4.78, 5) is 22.5. The molecule has 0 aliphatic carbocycles. The number of rotatable bonds is 9. The van der Waals surface area contributed by atoms with Crippen LogP contribution >= 0.6 is 0 Å². The van der Waals surface area contributed by atoms with Crippen molar-refractivity contribution in [3.8, 4) is 0 Å². The van der Waals surface area contributed by atoms with E-state index in [1.807, 2.05) is 13.8 Å². The van der Waals surface area contributed by atoms with Gasteiger partial charge in [0.2, 0.25) is 0 Å². The fraction of sp³-hybridized carbons (Fsp3) is 0.600. The lowest BCUT2D eigenvalue weighted by atomic mass is 10.3. The highest BCUT2D eigenvalue weighted by molar-refractivity contribution is 5.61. The second-order valence-corrected chi connectivity index (χ2v) is 4.52. The van der Waals surface area contributed by atoms with Gasteiger partial charge in [0.1, 0.15) is 25.9 Å². The van der Waals surface area contributed by atoms with Gasteiger partial charge in [-0.2, -0.15) is 0 Å². The molecule has 0 radical (unpaired) electrons. The van der Waals surface area contributed by atoms with Crippen LogP contribution in [0.4, 0.5) is 9.59 Å². The second-order valence-electron chi connectivity index (χ2n) is 4.52. The van der Waals surface area contributed by atoms with Gasteiger partial charge in [0.25, 0.3) is 0 Å². The highest BCUT2D eigenvalue weighted by atomic mass is 16.7. The first-order valence-corrected chi connectivity index (χ1v) is 6.85. The van der Waals surface area contributed by atoms with Gasteiger partial charge in [-0.15, -0.1) is 0 Å². The molecular weight excluding hydrogens is 276 g/mol. The molecule has 6 nitrogen and oxygen atoms in total. The molecule has 0 saturated heterocycles. The Morgan fingerprint density at radius 1 is 0.905 bits per heavy atom. The van der Waals surface area contributed by atoms with E-state index >= 15 is 0 Å². The van der Waals surface area contributed by atoms with E-state index in [0.717, 1.165) is 24.0 Å². The minimum Gasteiger partial charge on any atom is -0.430 e. The van der Waals surface area contributed by atoms with Crippen molar-refractivity contribution in [3.05, 3.63) is 24.3 Å². The fourth-order valence-corrected chi connectivity index (χ4v) is 0.985. The van der Waals surface area contributed by atoms with Gasteiger partial charge in [-0.1, -0.05) is 27.0 Å². The summed E-state index contributed by atoms with van der Waals surface area (Å²) in [5.41, 5.74) is 1.58. The van der Waals surface area contributed by atoms with Gasteiger partial charge >= 0.3 is 12.3 Å². The fourth-order valence-electron chi connectivity index (χ4n) is 0.985. The minimum atomic E-state index is -0.826. The maximum atomic E-state index is 11.3. The van der Waals surface area contributed by atoms with Crippen LogP contribution < -0.4 is 0 Å². The molecule has 0 heterocycles. The van der Waals surface area contributed by atoms with Crippen LogP contribution in [-0.4, -0.2) is 38.2 Å². The van der Waals surface area contributed by atoms with Crippen LogP contribution in [-0.2, 0) is 18.9 Å². The molecular formula is C15H24O6. The van der Waals surface area contributed by atoms with Crippen LogP contribution in [0, 0.1) is 0 Å². The average molecular weight is 300 g/mol. The summed E-state index contributed by atoms with van der Waals surface area (Å²) in [5.74, 6) is 0. The molecule has 0 spiro atoms. The lowest BCUT2D eigenvalue weighted by molar-refractivity contribution is -0.00697. The molecule has 0 N–H and O–H groups in total. The summed E-state index contributed by atoms with van der Waals surface area (Å²) >= 11 is 0. The first-order valence-electron chi connectivity index (χ1n) is 6.85. The van der Waals surface area contributed by atoms with Crippen molar-refractivity contribution in [2.75, 3.05) is 19.8 Å². The summed E-state index contributed by atoms with van der Waals surface area (Å²) in [5, 5.41) is 0. The van der Waals surface area contributed by atoms with E-state index in [0.29, 0.717) is 0 Å². The standard InChI is InChI=1S/C15H24O6/c1-6-11(3)8-18-14(16)20-10-13(5)21-15(17)19-9-12(4)7-2/h13H,3-4,6-10H2,1-2,5H3. The SMILES string of the molecule is C=C(CC)COC(=O)OCC(C)OC(=O)OCC(=C)CC. The van der Waals surface area contributed by atoms with Gasteiger partial charge in [-0.25, -0.2) is 9.59 Å². The van der Waals surface area contributed by atoms with Gasteiger partial charge < -0.3 is 18.9 Å². The Hall–Kier alpha value is -1.98. The van der Waals surface area contributed by atoms with Crippen molar-refractivity contribution < 1.29 is 28.5 Å². The normalized spacial score (nSPS) is 11.2. The second kappa shape index (κ2) is 10.8. The van der Waals surface area contributed by atoms with Crippen molar-refractivity contribution in [1.82, 2.24) is 0 Å². The van der Waals surface area contributed by atoms with Crippen LogP contribution in [0.3, 0.4) is 0 Å². The molecule has 0 aliphatic heterocycles. The monoisotopic (exact) mass is 300 g/mol. The van der Waals surface area contributed by atoms with E-state index in [2.05, 4.69) is 13.2 Å². The molecule has 0 amide bonds. The van der Waals surface area contributed by atoms with E-state index in [9.17, 15) is 9.59 Å². The Labute approximate surface area is 125 Å². The van der Waals surface area contributed by atoms with Crippen LogP contribution in [0.5, 0.6) is 0 Å². The highest BCUT2D eigenvalue weighted by Crippen LogP contribution is 2.02. The minimum absolute atomic E-state index is 0.110. The van der Waals surface area contributed by atoms with Crippen LogP contribution in [0.25, 0.3) is 0 Å². The number of hydrogen-bond acceptors (Lipinski definition) is 6. The molecule has 21 heavy (non-hydrogen) atoms. The predicted molar refractivity (Wildman–Crippen MR) is 78.1 cm³/mol.